The van der Waals surface area contributed by atoms with E-state index in [2.05, 4.69) is 16.9 Å². The number of ether oxygens (including phenoxy) is 1. The Hall–Kier alpha value is -0.510. The molecule has 0 radical (unpaired) electrons. The van der Waals surface area contributed by atoms with E-state index in [0.717, 1.165) is 12.1 Å². The van der Waals surface area contributed by atoms with Crippen molar-refractivity contribution in [1.82, 2.24) is 9.88 Å². The monoisotopic (exact) mass is 288 g/mol. The van der Waals surface area contributed by atoms with Gasteiger partial charge in [-0.15, -0.1) is 11.6 Å². The highest BCUT2D eigenvalue weighted by atomic mass is 35.5. The average molecular weight is 289 g/mol. The molecule has 1 unspecified atom stereocenters. The quantitative estimate of drug-likeness (QED) is 0.795. The number of nitrogens with zero attached hydrogens (tertiary/aromatic N) is 2. The third kappa shape index (κ3) is 3.50. The molecule has 1 aromatic heterocycles. The minimum atomic E-state index is 0.376. The second-order valence-corrected chi connectivity index (χ2v) is 5.36. The zero-order valence-corrected chi connectivity index (χ0v) is 12.0. The Labute approximate surface area is 118 Å². The molecule has 1 aliphatic heterocycles. The van der Waals surface area contributed by atoms with Crippen LogP contribution in [0.15, 0.2) is 12.3 Å². The number of likely N-dealkylation sites (tertiary alicyclic amines) is 1. The minimum Gasteiger partial charge on any atom is -0.476 e. The van der Waals surface area contributed by atoms with E-state index in [1.165, 1.54) is 19.3 Å². The highest BCUT2D eigenvalue weighted by Crippen LogP contribution is 2.22. The van der Waals surface area contributed by atoms with Crippen molar-refractivity contribution >= 4 is 23.2 Å². The maximum absolute atomic E-state index is 5.96. The maximum atomic E-state index is 5.96. The Morgan fingerprint density at radius 1 is 1.50 bits per heavy atom. The average Bonchev–Trinajstić information content (AvgIpc) is 2.39. The molecule has 2 heterocycles. The number of pyridine rings is 1. The van der Waals surface area contributed by atoms with E-state index in [1.807, 2.05) is 6.07 Å². The van der Waals surface area contributed by atoms with Gasteiger partial charge in [0.15, 0.2) is 0 Å². The van der Waals surface area contributed by atoms with E-state index in [1.54, 1.807) is 6.20 Å². The molecule has 1 fully saturated rings. The summed E-state index contributed by atoms with van der Waals surface area (Å²) >= 11 is 11.8. The van der Waals surface area contributed by atoms with Crippen molar-refractivity contribution in [3.05, 3.63) is 22.8 Å². The molecule has 0 amide bonds. The van der Waals surface area contributed by atoms with Gasteiger partial charge in [-0.25, -0.2) is 4.98 Å². The Morgan fingerprint density at radius 2 is 2.33 bits per heavy atom. The number of hydrogen-bond donors (Lipinski definition) is 0. The van der Waals surface area contributed by atoms with Gasteiger partial charge in [0.1, 0.15) is 6.61 Å². The normalized spacial score (nSPS) is 20.9. The summed E-state index contributed by atoms with van der Waals surface area (Å²) in [6, 6.07) is 2.30. The lowest BCUT2D eigenvalue weighted by Crippen LogP contribution is -2.40. The van der Waals surface area contributed by atoms with Crippen LogP contribution in [0.4, 0.5) is 0 Å². The third-order valence-corrected chi connectivity index (χ3v) is 4.03. The van der Waals surface area contributed by atoms with Crippen LogP contribution >= 0.6 is 23.2 Å². The molecule has 1 saturated heterocycles. The molecule has 0 bridgehead atoms. The van der Waals surface area contributed by atoms with Crippen molar-refractivity contribution in [3.8, 4) is 5.88 Å². The molecule has 0 spiro atoms. The van der Waals surface area contributed by atoms with Crippen LogP contribution in [0.2, 0.25) is 5.02 Å². The Bertz CT molecular complexity index is 401. The number of piperidine rings is 1. The first-order chi connectivity index (χ1) is 8.70. The van der Waals surface area contributed by atoms with Crippen LogP contribution < -0.4 is 4.74 Å². The topological polar surface area (TPSA) is 25.4 Å². The van der Waals surface area contributed by atoms with E-state index in [-0.39, 0.29) is 0 Å². The van der Waals surface area contributed by atoms with Crippen molar-refractivity contribution in [2.24, 2.45) is 0 Å². The lowest BCUT2D eigenvalue weighted by molar-refractivity contribution is 0.122. The summed E-state index contributed by atoms with van der Waals surface area (Å²) in [4.78, 5) is 6.51. The van der Waals surface area contributed by atoms with E-state index in [4.69, 9.17) is 27.9 Å². The fraction of sp³-hybridized carbons (Fsp3) is 0.615. The van der Waals surface area contributed by atoms with Crippen LogP contribution in [0, 0.1) is 0 Å². The summed E-state index contributed by atoms with van der Waals surface area (Å²) in [6.07, 6.45) is 5.34. The molecule has 1 aromatic rings. The molecule has 100 valence electrons. The van der Waals surface area contributed by atoms with Crippen LogP contribution in [0.5, 0.6) is 5.88 Å². The summed E-state index contributed by atoms with van der Waals surface area (Å²) in [6.45, 7) is 1.82. The van der Waals surface area contributed by atoms with Crippen LogP contribution in [-0.2, 0) is 5.88 Å². The molecule has 0 aliphatic carbocycles. The van der Waals surface area contributed by atoms with Crippen LogP contribution in [0.25, 0.3) is 0 Å². The largest absolute Gasteiger partial charge is 0.476 e. The lowest BCUT2D eigenvalue weighted by atomic mass is 10.0. The number of hydrogen-bond acceptors (Lipinski definition) is 3. The Kier molecular flexibility index (Phi) is 5.10. The molecule has 1 atom stereocenters. The smallest absolute Gasteiger partial charge is 0.213 e. The van der Waals surface area contributed by atoms with Crippen LogP contribution in [-0.4, -0.2) is 36.1 Å². The van der Waals surface area contributed by atoms with Gasteiger partial charge in [-0.2, -0.15) is 0 Å². The molecule has 3 nitrogen and oxygen atoms in total. The van der Waals surface area contributed by atoms with Gasteiger partial charge in [0.2, 0.25) is 5.88 Å². The Balaban J connectivity index is 1.93. The molecule has 5 heteroatoms. The number of aromatic nitrogens is 1. The van der Waals surface area contributed by atoms with E-state index < -0.39 is 0 Å². The highest BCUT2D eigenvalue weighted by Gasteiger charge is 2.19. The zero-order chi connectivity index (χ0) is 13.0. The van der Waals surface area contributed by atoms with Gasteiger partial charge in [0.05, 0.1) is 5.02 Å². The predicted octanol–water partition coefficient (Wildman–Crippen LogP) is 3.34. The van der Waals surface area contributed by atoms with E-state index in [0.29, 0.717) is 29.4 Å². The second-order valence-electron chi connectivity index (χ2n) is 4.69. The zero-order valence-electron chi connectivity index (χ0n) is 10.5. The van der Waals surface area contributed by atoms with Crippen molar-refractivity contribution < 1.29 is 4.74 Å². The minimum absolute atomic E-state index is 0.376. The third-order valence-electron chi connectivity index (χ3n) is 3.40. The first-order valence-corrected chi connectivity index (χ1v) is 7.15. The molecule has 0 saturated carbocycles. The number of alkyl halides is 1. The first-order valence-electron chi connectivity index (χ1n) is 6.24. The first kappa shape index (κ1) is 13.9. The molecule has 18 heavy (non-hydrogen) atoms. The molecular formula is C13H18Cl2N2O. The summed E-state index contributed by atoms with van der Waals surface area (Å²) in [5.41, 5.74) is 0.861. The van der Waals surface area contributed by atoms with Crippen LogP contribution in [0.1, 0.15) is 24.8 Å². The van der Waals surface area contributed by atoms with E-state index in [9.17, 15) is 0 Å². The van der Waals surface area contributed by atoms with Gasteiger partial charge < -0.3 is 9.64 Å². The van der Waals surface area contributed by atoms with Crippen molar-refractivity contribution in [1.29, 1.82) is 0 Å². The second kappa shape index (κ2) is 6.60. The fourth-order valence-electron chi connectivity index (χ4n) is 2.18. The van der Waals surface area contributed by atoms with E-state index >= 15 is 0 Å². The highest BCUT2D eigenvalue weighted by molar-refractivity contribution is 6.32. The molecule has 0 aromatic carbocycles. The number of likely N-dealkylation sites (N-methyl/N-ethyl adjacent to an activating group) is 1. The summed E-state index contributed by atoms with van der Waals surface area (Å²) in [5, 5.41) is 0.590. The molecule has 0 N–H and O–H groups in total. The summed E-state index contributed by atoms with van der Waals surface area (Å²) < 4.78 is 5.74. The van der Waals surface area contributed by atoms with Gasteiger partial charge in [0.25, 0.3) is 0 Å². The van der Waals surface area contributed by atoms with Crippen molar-refractivity contribution in [2.75, 3.05) is 20.2 Å². The van der Waals surface area contributed by atoms with Gasteiger partial charge in [-0.1, -0.05) is 18.0 Å². The molecule has 1 aliphatic rings. The molecule has 2 rings (SSSR count). The SMILES string of the molecule is CN1CCCCC1COc1cc(CCl)c(Cl)cn1. The summed E-state index contributed by atoms with van der Waals surface area (Å²) in [7, 11) is 2.15. The standard InChI is InChI=1S/C13H18Cl2N2O/c1-17-5-3-2-4-11(17)9-18-13-6-10(7-14)12(15)8-16-13/h6,8,11H,2-5,7,9H2,1H3. The van der Waals surface area contributed by atoms with Gasteiger partial charge in [-0.05, 0) is 32.0 Å². The fourth-order valence-corrected chi connectivity index (χ4v) is 2.64. The summed E-state index contributed by atoms with van der Waals surface area (Å²) in [5.74, 6) is 0.982. The maximum Gasteiger partial charge on any atom is 0.213 e. The van der Waals surface area contributed by atoms with Gasteiger partial charge in [-0.3, -0.25) is 0 Å². The van der Waals surface area contributed by atoms with Gasteiger partial charge in [0, 0.05) is 24.2 Å². The van der Waals surface area contributed by atoms with Crippen molar-refractivity contribution in [2.45, 2.75) is 31.2 Å². The number of rotatable bonds is 4. The van der Waals surface area contributed by atoms with Gasteiger partial charge >= 0.3 is 0 Å². The van der Waals surface area contributed by atoms with Crippen LogP contribution in [0.3, 0.4) is 0 Å². The number of halogens is 2. The van der Waals surface area contributed by atoms with Crippen molar-refractivity contribution in [3.63, 3.8) is 0 Å². The lowest BCUT2D eigenvalue weighted by Gasteiger charge is -2.31. The Morgan fingerprint density at radius 3 is 3.06 bits per heavy atom. The molecular weight excluding hydrogens is 271 g/mol. The predicted molar refractivity (Wildman–Crippen MR) is 74.6 cm³/mol.